The third-order valence-corrected chi connectivity index (χ3v) is 6.94. The summed E-state index contributed by atoms with van der Waals surface area (Å²) in [6.45, 7) is 0. The Morgan fingerprint density at radius 1 is 1.00 bits per heavy atom. The van der Waals surface area contributed by atoms with Crippen LogP contribution in [0.3, 0.4) is 0 Å². The Labute approximate surface area is 179 Å². The Morgan fingerprint density at radius 2 is 1.61 bits per heavy atom. The summed E-state index contributed by atoms with van der Waals surface area (Å²) in [7, 11) is 2.09. The van der Waals surface area contributed by atoms with E-state index < -0.39 is 26.7 Å². The summed E-state index contributed by atoms with van der Waals surface area (Å²) < 4.78 is 33.3. The molecule has 3 rings (SSSR count). The number of nitrogens with zero attached hydrogens (tertiary/aromatic N) is 3. The van der Waals surface area contributed by atoms with Gasteiger partial charge in [-0.2, -0.15) is 0 Å². The maximum absolute atomic E-state index is 12.9. The molecule has 0 spiro atoms. The van der Waals surface area contributed by atoms with Crippen molar-refractivity contribution in [2.24, 2.45) is 14.1 Å². The first kappa shape index (κ1) is 22.3. The summed E-state index contributed by atoms with van der Waals surface area (Å²) >= 11 is 0. The smallest absolute Gasteiger partial charge is 0.316 e. The van der Waals surface area contributed by atoms with Gasteiger partial charge in [-0.05, 0) is 30.3 Å². The molecule has 3 aromatic rings. The molecule has 0 aliphatic rings. The summed E-state index contributed by atoms with van der Waals surface area (Å²) in [6.07, 6.45) is -0.235. The molecule has 1 aromatic heterocycles. The number of hydrogen-bond donors (Lipinski definition) is 0. The molecule has 2 aromatic carbocycles. The van der Waals surface area contributed by atoms with Crippen molar-refractivity contribution in [1.29, 1.82) is 0 Å². The standard InChI is InChI=1S/C21H23N3O6S/c1-22(16-7-5-6-8-18(16)30-4)19(25)11-12-31(28,29)14-9-10-15-17(13-14)24(3)21(27)20(26)23(15)2/h5-10,13H,11-12H2,1-4H3. The zero-order valence-electron chi connectivity index (χ0n) is 17.7. The van der Waals surface area contributed by atoms with E-state index >= 15 is 0 Å². The number of sulfone groups is 1. The molecule has 1 heterocycles. The molecular weight excluding hydrogens is 422 g/mol. The monoisotopic (exact) mass is 445 g/mol. The molecule has 1 amide bonds. The molecule has 0 fully saturated rings. The van der Waals surface area contributed by atoms with Crippen molar-refractivity contribution in [3.8, 4) is 5.75 Å². The minimum atomic E-state index is -3.81. The predicted octanol–water partition coefficient (Wildman–Crippen LogP) is 1.07. The van der Waals surface area contributed by atoms with Crippen molar-refractivity contribution in [3.63, 3.8) is 0 Å². The van der Waals surface area contributed by atoms with Crippen molar-refractivity contribution in [1.82, 2.24) is 9.13 Å². The lowest BCUT2D eigenvalue weighted by molar-refractivity contribution is -0.117. The fourth-order valence-electron chi connectivity index (χ4n) is 3.30. The van der Waals surface area contributed by atoms with Gasteiger partial charge in [0.15, 0.2) is 9.84 Å². The number of aromatic nitrogens is 2. The van der Waals surface area contributed by atoms with Crippen LogP contribution in [-0.4, -0.2) is 43.4 Å². The third kappa shape index (κ3) is 4.11. The van der Waals surface area contributed by atoms with Crippen LogP contribution in [0.2, 0.25) is 0 Å². The van der Waals surface area contributed by atoms with E-state index in [1.54, 1.807) is 31.3 Å². The van der Waals surface area contributed by atoms with Gasteiger partial charge < -0.3 is 18.8 Å². The third-order valence-electron chi connectivity index (χ3n) is 5.23. The average Bonchev–Trinajstić information content (AvgIpc) is 2.78. The highest BCUT2D eigenvalue weighted by Gasteiger charge is 2.21. The lowest BCUT2D eigenvalue weighted by Gasteiger charge is -2.20. The number of carbonyl (C=O) groups is 1. The quantitative estimate of drug-likeness (QED) is 0.526. The molecule has 0 bridgehead atoms. The van der Waals surface area contributed by atoms with Gasteiger partial charge in [-0.25, -0.2) is 8.42 Å². The molecule has 0 radical (unpaired) electrons. The number of carbonyl (C=O) groups excluding carboxylic acids is 1. The molecule has 0 unspecified atom stereocenters. The number of aryl methyl sites for hydroxylation is 2. The molecule has 0 atom stereocenters. The Bertz CT molecular complexity index is 1390. The predicted molar refractivity (Wildman–Crippen MR) is 118 cm³/mol. The van der Waals surface area contributed by atoms with E-state index in [1.807, 2.05) is 0 Å². The van der Waals surface area contributed by atoms with E-state index in [9.17, 15) is 22.8 Å². The van der Waals surface area contributed by atoms with Crippen LogP contribution in [0.1, 0.15) is 6.42 Å². The highest BCUT2D eigenvalue weighted by Crippen LogP contribution is 2.27. The number of anilines is 1. The number of para-hydroxylation sites is 2. The zero-order valence-corrected chi connectivity index (χ0v) is 18.5. The first-order chi connectivity index (χ1) is 14.6. The highest BCUT2D eigenvalue weighted by molar-refractivity contribution is 7.91. The van der Waals surface area contributed by atoms with Crippen LogP contribution >= 0.6 is 0 Å². The fraction of sp³-hybridized carbons (Fsp3) is 0.286. The number of methoxy groups -OCH3 is 1. The van der Waals surface area contributed by atoms with Gasteiger partial charge in [0.05, 0.1) is 34.5 Å². The topological polar surface area (TPSA) is 108 Å². The minimum absolute atomic E-state index is 0.0265. The average molecular weight is 445 g/mol. The maximum atomic E-state index is 12.9. The number of hydrogen-bond acceptors (Lipinski definition) is 6. The Kier molecular flexibility index (Phi) is 6.03. The van der Waals surface area contributed by atoms with Gasteiger partial charge in [-0.1, -0.05) is 12.1 Å². The molecule has 164 valence electrons. The Morgan fingerprint density at radius 3 is 2.26 bits per heavy atom. The molecule has 10 heteroatoms. The van der Waals surface area contributed by atoms with Crippen LogP contribution in [0, 0.1) is 0 Å². The normalized spacial score (nSPS) is 11.5. The lowest BCUT2D eigenvalue weighted by Crippen LogP contribution is -2.39. The summed E-state index contributed by atoms with van der Waals surface area (Å²) in [5.74, 6) is -0.290. The second-order valence-corrected chi connectivity index (χ2v) is 9.18. The van der Waals surface area contributed by atoms with E-state index in [0.29, 0.717) is 22.5 Å². The van der Waals surface area contributed by atoms with Crippen LogP contribution in [0.15, 0.2) is 56.9 Å². The summed E-state index contributed by atoms with van der Waals surface area (Å²) in [6, 6.07) is 11.1. The molecule has 31 heavy (non-hydrogen) atoms. The van der Waals surface area contributed by atoms with Crippen LogP contribution in [0.4, 0.5) is 5.69 Å². The van der Waals surface area contributed by atoms with E-state index in [-0.39, 0.29) is 17.2 Å². The van der Waals surface area contributed by atoms with Crippen LogP contribution in [0.5, 0.6) is 5.75 Å². The molecule has 0 aliphatic heterocycles. The highest BCUT2D eigenvalue weighted by atomic mass is 32.2. The van der Waals surface area contributed by atoms with Crippen LogP contribution < -0.4 is 20.8 Å². The first-order valence-electron chi connectivity index (χ1n) is 9.40. The number of fused-ring (bicyclic) bond motifs is 1. The fourth-order valence-corrected chi connectivity index (χ4v) is 4.55. The minimum Gasteiger partial charge on any atom is -0.495 e. The van der Waals surface area contributed by atoms with Gasteiger partial charge in [0, 0.05) is 27.6 Å². The van der Waals surface area contributed by atoms with Gasteiger partial charge in [-0.3, -0.25) is 14.4 Å². The molecule has 0 saturated carbocycles. The largest absolute Gasteiger partial charge is 0.495 e. The van der Waals surface area contributed by atoms with Crippen molar-refractivity contribution < 1.29 is 17.9 Å². The van der Waals surface area contributed by atoms with Gasteiger partial charge in [-0.15, -0.1) is 0 Å². The van der Waals surface area contributed by atoms with E-state index in [2.05, 4.69) is 0 Å². The second-order valence-electron chi connectivity index (χ2n) is 7.07. The first-order valence-corrected chi connectivity index (χ1v) is 11.1. The van der Waals surface area contributed by atoms with Crippen molar-refractivity contribution in [2.75, 3.05) is 24.8 Å². The summed E-state index contributed by atoms with van der Waals surface area (Å²) in [5, 5.41) is 0. The molecule has 0 aliphatic carbocycles. The van der Waals surface area contributed by atoms with Crippen LogP contribution in [0.25, 0.3) is 11.0 Å². The van der Waals surface area contributed by atoms with Gasteiger partial charge >= 0.3 is 11.1 Å². The van der Waals surface area contributed by atoms with Crippen molar-refractivity contribution in [3.05, 3.63) is 63.2 Å². The summed E-state index contributed by atoms with van der Waals surface area (Å²) in [5.41, 5.74) is -0.175. The second kappa shape index (κ2) is 8.38. The Balaban J connectivity index is 1.87. The van der Waals surface area contributed by atoms with Crippen molar-refractivity contribution >= 4 is 32.5 Å². The zero-order chi connectivity index (χ0) is 22.9. The molecule has 9 nitrogen and oxygen atoms in total. The number of ether oxygens (including phenoxy) is 1. The summed E-state index contributed by atoms with van der Waals surface area (Å²) in [4.78, 5) is 37.9. The lowest BCUT2D eigenvalue weighted by atomic mass is 10.2. The molecule has 0 saturated heterocycles. The number of amides is 1. The number of rotatable bonds is 6. The van der Waals surface area contributed by atoms with Gasteiger partial charge in [0.25, 0.3) is 0 Å². The maximum Gasteiger partial charge on any atom is 0.316 e. The van der Waals surface area contributed by atoms with Crippen molar-refractivity contribution in [2.45, 2.75) is 11.3 Å². The molecular formula is C21H23N3O6S. The SMILES string of the molecule is COc1ccccc1N(C)C(=O)CCS(=O)(=O)c1ccc2c(c1)n(C)c(=O)c(=O)n2C. The van der Waals surface area contributed by atoms with Gasteiger partial charge in [0.1, 0.15) is 5.75 Å². The van der Waals surface area contributed by atoms with Gasteiger partial charge in [0.2, 0.25) is 5.91 Å². The Hall–Kier alpha value is -3.40. The van der Waals surface area contributed by atoms with E-state index in [1.165, 1.54) is 48.9 Å². The van der Waals surface area contributed by atoms with Crippen LogP contribution in [-0.2, 0) is 28.7 Å². The van der Waals surface area contributed by atoms with E-state index in [4.69, 9.17) is 4.74 Å². The van der Waals surface area contributed by atoms with E-state index in [0.717, 1.165) is 4.57 Å². The molecule has 0 N–H and O–H groups in total. The number of benzene rings is 2.